The number of aromatic nitrogens is 3. The number of likely N-dealkylation sites (tertiary alicyclic amines) is 2. The zero-order chi connectivity index (χ0) is 20.4. The van der Waals surface area contributed by atoms with E-state index in [1.807, 2.05) is 0 Å². The van der Waals surface area contributed by atoms with Crippen molar-refractivity contribution in [3.63, 3.8) is 0 Å². The number of alkyl halides is 1. The molecule has 2 aromatic rings. The van der Waals surface area contributed by atoms with Gasteiger partial charge in [-0.25, -0.2) is 13.5 Å². The first-order valence-electron chi connectivity index (χ1n) is 9.87. The molecule has 0 spiro atoms. The lowest BCUT2D eigenvalue weighted by molar-refractivity contribution is -0.131. The summed E-state index contributed by atoms with van der Waals surface area (Å²) in [5.74, 6) is -0.931. The first kappa shape index (κ1) is 19.5. The van der Waals surface area contributed by atoms with Gasteiger partial charge in [-0.15, -0.1) is 5.10 Å². The van der Waals surface area contributed by atoms with E-state index in [9.17, 15) is 18.4 Å². The summed E-state index contributed by atoms with van der Waals surface area (Å²) in [6.45, 7) is 1.66. The molecule has 7 nitrogen and oxygen atoms in total. The molecular formula is C20H23F2N5O2. The molecule has 0 unspecified atom stereocenters. The van der Waals surface area contributed by atoms with Gasteiger partial charge < -0.3 is 9.80 Å². The molecule has 0 saturated carbocycles. The van der Waals surface area contributed by atoms with Crippen molar-refractivity contribution in [2.45, 2.75) is 44.4 Å². The standard InChI is InChI=1S/C20H23F2N5O2/c21-15-10-16(27(11-15)19(28)9-14-5-1-2-6-17(14)22)12-26-13-18(23-24-26)20(29)25-7-3-4-8-25/h1-2,5-6,13,15-16H,3-4,7-12H2/t15-,16-/m0/s1. The van der Waals surface area contributed by atoms with Crippen LogP contribution in [0.1, 0.15) is 35.3 Å². The number of nitrogens with zero attached hydrogens (tertiary/aromatic N) is 5. The van der Waals surface area contributed by atoms with Crippen LogP contribution in [0.5, 0.6) is 0 Å². The maximum atomic E-state index is 14.1. The van der Waals surface area contributed by atoms with E-state index in [0.717, 1.165) is 25.9 Å². The number of amides is 2. The van der Waals surface area contributed by atoms with Crippen molar-refractivity contribution in [1.82, 2.24) is 24.8 Å². The number of carbonyl (C=O) groups excluding carboxylic acids is 2. The fraction of sp³-hybridized carbons (Fsp3) is 0.500. The molecule has 1 aromatic carbocycles. The van der Waals surface area contributed by atoms with Gasteiger partial charge in [-0.2, -0.15) is 0 Å². The molecule has 2 aliphatic rings. The van der Waals surface area contributed by atoms with Crippen LogP contribution in [0, 0.1) is 5.82 Å². The van der Waals surface area contributed by atoms with E-state index in [1.165, 1.54) is 15.6 Å². The van der Waals surface area contributed by atoms with E-state index < -0.39 is 18.0 Å². The highest BCUT2D eigenvalue weighted by Gasteiger charge is 2.36. The molecule has 2 aliphatic heterocycles. The zero-order valence-electron chi connectivity index (χ0n) is 16.0. The third-order valence-electron chi connectivity index (χ3n) is 5.53. The van der Waals surface area contributed by atoms with Crippen molar-refractivity contribution in [2.75, 3.05) is 19.6 Å². The molecule has 1 aromatic heterocycles. The van der Waals surface area contributed by atoms with Gasteiger partial charge in [-0.3, -0.25) is 9.59 Å². The fourth-order valence-corrected chi connectivity index (χ4v) is 4.03. The van der Waals surface area contributed by atoms with E-state index in [2.05, 4.69) is 10.3 Å². The minimum atomic E-state index is -1.14. The summed E-state index contributed by atoms with van der Waals surface area (Å²) in [6.07, 6.45) is 2.44. The van der Waals surface area contributed by atoms with Gasteiger partial charge in [-0.05, 0) is 24.5 Å². The summed E-state index contributed by atoms with van der Waals surface area (Å²) in [5, 5.41) is 7.93. The van der Waals surface area contributed by atoms with Crippen molar-refractivity contribution in [3.05, 3.63) is 47.5 Å². The van der Waals surface area contributed by atoms with Gasteiger partial charge in [0, 0.05) is 19.5 Å². The van der Waals surface area contributed by atoms with Gasteiger partial charge in [0.2, 0.25) is 5.91 Å². The predicted octanol–water partition coefficient (Wildman–Crippen LogP) is 1.83. The second-order valence-electron chi connectivity index (χ2n) is 7.63. The minimum absolute atomic E-state index is 0.0216. The van der Waals surface area contributed by atoms with Gasteiger partial charge >= 0.3 is 0 Å². The van der Waals surface area contributed by atoms with E-state index in [1.54, 1.807) is 29.3 Å². The van der Waals surface area contributed by atoms with Gasteiger partial charge in [0.15, 0.2) is 5.69 Å². The van der Waals surface area contributed by atoms with Crippen LogP contribution in [-0.2, 0) is 17.8 Å². The average molecular weight is 403 g/mol. The maximum Gasteiger partial charge on any atom is 0.276 e. The van der Waals surface area contributed by atoms with Crippen LogP contribution < -0.4 is 0 Å². The third kappa shape index (κ3) is 4.28. The van der Waals surface area contributed by atoms with Gasteiger partial charge in [-0.1, -0.05) is 23.4 Å². The Balaban J connectivity index is 1.42. The Morgan fingerprint density at radius 1 is 1.17 bits per heavy atom. The van der Waals surface area contributed by atoms with Crippen LogP contribution in [-0.4, -0.2) is 68.5 Å². The molecule has 3 heterocycles. The Kier molecular flexibility index (Phi) is 5.55. The van der Waals surface area contributed by atoms with E-state index in [-0.39, 0.29) is 49.0 Å². The van der Waals surface area contributed by atoms with Crippen LogP contribution in [0.3, 0.4) is 0 Å². The summed E-state index contributed by atoms with van der Waals surface area (Å²) in [7, 11) is 0. The molecule has 2 saturated heterocycles. The molecule has 4 rings (SSSR count). The lowest BCUT2D eigenvalue weighted by atomic mass is 10.1. The maximum absolute atomic E-state index is 14.1. The summed E-state index contributed by atoms with van der Waals surface area (Å²) in [6, 6.07) is 5.67. The number of carbonyl (C=O) groups is 2. The van der Waals surface area contributed by atoms with Crippen LogP contribution in [0.25, 0.3) is 0 Å². The summed E-state index contributed by atoms with van der Waals surface area (Å²) >= 11 is 0. The first-order chi connectivity index (χ1) is 14.0. The van der Waals surface area contributed by atoms with Crippen molar-refractivity contribution in [3.8, 4) is 0 Å². The third-order valence-corrected chi connectivity index (χ3v) is 5.53. The van der Waals surface area contributed by atoms with Crippen molar-refractivity contribution in [2.24, 2.45) is 0 Å². The molecule has 0 N–H and O–H groups in total. The Hall–Kier alpha value is -2.84. The smallest absolute Gasteiger partial charge is 0.276 e. The molecule has 2 amide bonds. The van der Waals surface area contributed by atoms with Gasteiger partial charge in [0.05, 0.1) is 31.7 Å². The van der Waals surface area contributed by atoms with E-state index in [4.69, 9.17) is 0 Å². The predicted molar refractivity (Wildman–Crippen MR) is 100 cm³/mol. The number of hydrogen-bond donors (Lipinski definition) is 0. The monoisotopic (exact) mass is 403 g/mol. The Morgan fingerprint density at radius 3 is 2.69 bits per heavy atom. The summed E-state index contributed by atoms with van der Waals surface area (Å²) in [4.78, 5) is 28.3. The number of halogens is 2. The second-order valence-corrected chi connectivity index (χ2v) is 7.63. The normalized spacial score (nSPS) is 21.7. The number of hydrogen-bond acceptors (Lipinski definition) is 4. The lowest BCUT2D eigenvalue weighted by Crippen LogP contribution is -2.39. The topological polar surface area (TPSA) is 71.3 Å². The zero-order valence-corrected chi connectivity index (χ0v) is 16.0. The highest BCUT2D eigenvalue weighted by Crippen LogP contribution is 2.23. The van der Waals surface area contributed by atoms with Crippen molar-refractivity contribution < 1.29 is 18.4 Å². The Labute approximate surface area is 167 Å². The van der Waals surface area contributed by atoms with Crippen LogP contribution in [0.4, 0.5) is 8.78 Å². The Bertz CT molecular complexity index is 897. The second kappa shape index (κ2) is 8.26. The lowest BCUT2D eigenvalue weighted by Gasteiger charge is -2.24. The molecule has 0 radical (unpaired) electrons. The molecule has 0 bridgehead atoms. The van der Waals surface area contributed by atoms with Crippen molar-refractivity contribution in [1.29, 1.82) is 0 Å². The molecule has 9 heteroatoms. The van der Waals surface area contributed by atoms with Gasteiger partial charge in [0.1, 0.15) is 12.0 Å². The van der Waals surface area contributed by atoms with Crippen LogP contribution in [0.2, 0.25) is 0 Å². The van der Waals surface area contributed by atoms with E-state index in [0.29, 0.717) is 0 Å². The highest BCUT2D eigenvalue weighted by molar-refractivity contribution is 5.92. The van der Waals surface area contributed by atoms with E-state index >= 15 is 0 Å². The first-order valence-corrected chi connectivity index (χ1v) is 9.87. The van der Waals surface area contributed by atoms with Crippen LogP contribution in [0.15, 0.2) is 30.5 Å². The fourth-order valence-electron chi connectivity index (χ4n) is 4.03. The highest BCUT2D eigenvalue weighted by atomic mass is 19.1. The molecule has 29 heavy (non-hydrogen) atoms. The number of benzene rings is 1. The largest absolute Gasteiger partial charge is 0.337 e. The molecule has 154 valence electrons. The van der Waals surface area contributed by atoms with Crippen molar-refractivity contribution >= 4 is 11.8 Å². The summed E-state index contributed by atoms with van der Waals surface area (Å²) in [5.41, 5.74) is 0.545. The molecule has 2 fully saturated rings. The molecular weight excluding hydrogens is 380 g/mol. The SMILES string of the molecule is O=C(c1cn(C[C@@H]2C[C@H](F)CN2C(=O)Cc2ccccc2F)nn1)N1CCCC1. The summed E-state index contributed by atoms with van der Waals surface area (Å²) < 4.78 is 29.4. The van der Waals surface area contributed by atoms with Gasteiger partial charge in [0.25, 0.3) is 5.91 Å². The number of rotatable bonds is 5. The average Bonchev–Trinajstić information content (AvgIpc) is 3.44. The minimum Gasteiger partial charge on any atom is -0.337 e. The molecule has 0 aliphatic carbocycles. The van der Waals surface area contributed by atoms with Crippen LogP contribution >= 0.6 is 0 Å². The molecule has 2 atom stereocenters. The Morgan fingerprint density at radius 2 is 1.93 bits per heavy atom. The quantitative estimate of drug-likeness (QED) is 0.764.